The third-order valence-electron chi connectivity index (χ3n) is 6.08. The molecule has 1 aromatic heterocycles. The number of nitrogens with zero attached hydrogens (tertiary/aromatic N) is 2. The van der Waals surface area contributed by atoms with Crippen LogP contribution in [-0.2, 0) is 27.6 Å². The van der Waals surface area contributed by atoms with Crippen LogP contribution in [0.2, 0.25) is 0 Å². The molecule has 9 nitrogen and oxygen atoms in total. The number of carbonyl (C=O) groups is 2. The molecule has 3 N–H and O–H groups in total. The number of nitrogens with one attached hydrogen (secondary N) is 1. The van der Waals surface area contributed by atoms with Crippen molar-refractivity contribution >= 4 is 38.1 Å². The van der Waals surface area contributed by atoms with Crippen molar-refractivity contribution in [3.8, 4) is 16.2 Å². The normalized spacial score (nSPS) is 14.3. The molecule has 0 spiro atoms. The van der Waals surface area contributed by atoms with E-state index in [-0.39, 0.29) is 37.2 Å². The fourth-order valence-corrected chi connectivity index (χ4v) is 5.72. The van der Waals surface area contributed by atoms with E-state index in [1.54, 1.807) is 24.9 Å². The van der Waals surface area contributed by atoms with Gasteiger partial charge in [0.2, 0.25) is 5.91 Å². The lowest BCUT2D eigenvalue weighted by Crippen LogP contribution is -2.33. The van der Waals surface area contributed by atoms with Crippen molar-refractivity contribution in [1.82, 2.24) is 9.88 Å². The Kier molecular flexibility index (Phi) is 7.51. The predicted molar refractivity (Wildman–Crippen MR) is 139 cm³/mol. The number of amides is 2. The van der Waals surface area contributed by atoms with Crippen molar-refractivity contribution in [2.45, 2.75) is 37.8 Å². The molecule has 3 aromatic rings. The number of thiazole rings is 1. The first-order chi connectivity index (χ1) is 17.5. The number of anilines is 1. The maximum Gasteiger partial charge on any atom is 0.254 e. The van der Waals surface area contributed by atoms with Gasteiger partial charge in [0.25, 0.3) is 5.91 Å². The van der Waals surface area contributed by atoms with E-state index in [2.05, 4.69) is 10.3 Å². The zero-order chi connectivity index (χ0) is 26.9. The molecule has 0 saturated carbocycles. The first-order valence-corrected chi connectivity index (χ1v) is 14.3. The summed E-state index contributed by atoms with van der Waals surface area (Å²) in [5, 5.41) is 3.51. The van der Waals surface area contributed by atoms with E-state index in [1.807, 2.05) is 18.2 Å². The summed E-state index contributed by atoms with van der Waals surface area (Å²) in [5.41, 5.74) is 7.13. The minimum atomic E-state index is -3.77. The number of hydrogen-bond donors (Lipinski definition) is 2. The molecule has 2 amide bonds. The van der Waals surface area contributed by atoms with Crippen LogP contribution in [0.1, 0.15) is 35.3 Å². The molecule has 0 bridgehead atoms. The Morgan fingerprint density at radius 2 is 2.05 bits per heavy atom. The summed E-state index contributed by atoms with van der Waals surface area (Å²) in [5.74, 6) is -1.13. The molecule has 196 valence electrons. The number of halogens is 1. The molecular weight excluding hydrogens is 519 g/mol. The monoisotopic (exact) mass is 546 g/mol. The third kappa shape index (κ3) is 5.59. The van der Waals surface area contributed by atoms with Crippen molar-refractivity contribution in [2.75, 3.05) is 24.7 Å². The molecular formula is C25H27FN4O5S2. The molecule has 0 radical (unpaired) electrons. The van der Waals surface area contributed by atoms with Crippen molar-refractivity contribution in [1.29, 1.82) is 0 Å². The highest BCUT2D eigenvalue weighted by atomic mass is 32.2. The predicted octanol–water partition coefficient (Wildman–Crippen LogP) is 3.24. The van der Waals surface area contributed by atoms with Gasteiger partial charge in [-0.1, -0.05) is 18.3 Å². The Bertz CT molecular complexity index is 1470. The van der Waals surface area contributed by atoms with Crippen molar-refractivity contribution in [3.63, 3.8) is 0 Å². The number of nitrogens with two attached hydrogens (primary N) is 1. The van der Waals surface area contributed by atoms with Crippen LogP contribution in [0.5, 0.6) is 5.75 Å². The van der Waals surface area contributed by atoms with Crippen LogP contribution >= 0.6 is 11.3 Å². The maximum absolute atomic E-state index is 15.0. The zero-order valence-corrected chi connectivity index (χ0v) is 22.2. The van der Waals surface area contributed by atoms with E-state index in [4.69, 9.17) is 10.5 Å². The number of sulfone groups is 1. The smallest absolute Gasteiger partial charge is 0.254 e. The molecule has 1 atom stereocenters. The molecule has 37 heavy (non-hydrogen) atoms. The van der Waals surface area contributed by atoms with Gasteiger partial charge < -0.3 is 20.7 Å². The lowest BCUT2D eigenvalue weighted by molar-refractivity contribution is -0.118. The Morgan fingerprint density at radius 1 is 1.30 bits per heavy atom. The molecule has 1 aliphatic heterocycles. The highest BCUT2D eigenvalue weighted by Crippen LogP contribution is 2.34. The van der Waals surface area contributed by atoms with Crippen LogP contribution in [0.3, 0.4) is 0 Å². The van der Waals surface area contributed by atoms with Crippen LogP contribution in [0, 0.1) is 5.82 Å². The number of rotatable bonds is 7. The molecule has 0 unspecified atom stereocenters. The highest BCUT2D eigenvalue weighted by Gasteiger charge is 2.27. The molecule has 2 aromatic carbocycles. The van der Waals surface area contributed by atoms with Gasteiger partial charge in [0, 0.05) is 35.7 Å². The second-order valence-corrected chi connectivity index (χ2v) is 11.7. The largest absolute Gasteiger partial charge is 0.491 e. The van der Waals surface area contributed by atoms with Gasteiger partial charge in [0.05, 0.1) is 11.4 Å². The van der Waals surface area contributed by atoms with E-state index >= 15 is 4.39 Å². The number of hydrogen-bond acceptors (Lipinski definition) is 8. The van der Waals surface area contributed by atoms with Gasteiger partial charge in [-0.05, 0) is 49.2 Å². The lowest BCUT2D eigenvalue weighted by atomic mass is 10.0. The third-order valence-corrected chi connectivity index (χ3v) is 8.17. The summed E-state index contributed by atoms with van der Waals surface area (Å²) in [4.78, 5) is 31.1. The molecule has 4 rings (SSSR count). The minimum Gasteiger partial charge on any atom is -0.491 e. The lowest BCUT2D eigenvalue weighted by Gasteiger charge is -2.22. The summed E-state index contributed by atoms with van der Waals surface area (Å²) in [6.45, 7) is 4.09. The van der Waals surface area contributed by atoms with E-state index < -0.39 is 38.4 Å². The fraction of sp³-hybridized carbons (Fsp3) is 0.320. The minimum absolute atomic E-state index is 0.0712. The Labute approximate surface area is 218 Å². The average Bonchev–Trinajstić information content (AvgIpc) is 3.20. The van der Waals surface area contributed by atoms with Crippen molar-refractivity contribution < 1.29 is 27.1 Å². The van der Waals surface area contributed by atoms with Gasteiger partial charge in [-0.15, -0.1) is 0 Å². The number of ether oxygens (including phenoxy) is 1. The van der Waals surface area contributed by atoms with Crippen LogP contribution < -0.4 is 15.8 Å². The second kappa shape index (κ2) is 10.5. The van der Waals surface area contributed by atoms with Gasteiger partial charge >= 0.3 is 0 Å². The van der Waals surface area contributed by atoms with E-state index in [1.165, 1.54) is 17.4 Å². The second-order valence-electron chi connectivity index (χ2n) is 8.73. The number of primary amides is 1. The van der Waals surface area contributed by atoms with Gasteiger partial charge in [-0.3, -0.25) is 9.59 Å². The molecule has 1 aliphatic rings. The van der Waals surface area contributed by atoms with Crippen LogP contribution in [0.4, 0.5) is 9.52 Å². The Hall–Kier alpha value is -3.51. The molecule has 0 fully saturated rings. The van der Waals surface area contributed by atoms with Gasteiger partial charge in [0.15, 0.2) is 15.0 Å². The Morgan fingerprint density at radius 3 is 2.73 bits per heavy atom. The Balaban J connectivity index is 1.62. The summed E-state index contributed by atoms with van der Waals surface area (Å²) < 4.78 is 44.8. The number of benzene rings is 2. The molecule has 12 heteroatoms. The number of carbonyl (C=O) groups excluding carboxylic acids is 2. The fourth-order valence-electron chi connectivity index (χ4n) is 4.05. The maximum atomic E-state index is 15.0. The van der Waals surface area contributed by atoms with Gasteiger partial charge in [-0.2, -0.15) is 0 Å². The summed E-state index contributed by atoms with van der Waals surface area (Å²) in [6.07, 6.45) is 2.79. The standard InChI is InChI=1S/C25H27FN4O5S2/c1-4-17-18(6-8-21(22(17)26)37(3,33)34)24(32)30-9-10-35-19-7-5-15(11-16(19)13-30)20-12-28-25(36-20)29-14(2)23(27)31/h5-8,11-12,14H,4,9-10,13H2,1-3H3,(H2,27,31)(H,28,29)/t14-/m0/s1. The van der Waals surface area contributed by atoms with Crippen molar-refractivity contribution in [2.24, 2.45) is 5.73 Å². The van der Waals surface area contributed by atoms with Crippen molar-refractivity contribution in [3.05, 3.63) is 59.0 Å². The van der Waals surface area contributed by atoms with Crippen LogP contribution in [0.15, 0.2) is 41.4 Å². The van der Waals surface area contributed by atoms with E-state index in [9.17, 15) is 18.0 Å². The number of aromatic nitrogens is 1. The molecule has 0 aliphatic carbocycles. The summed E-state index contributed by atoms with van der Waals surface area (Å²) in [7, 11) is -3.77. The average molecular weight is 547 g/mol. The first-order valence-electron chi connectivity index (χ1n) is 11.6. The van der Waals surface area contributed by atoms with Crippen LogP contribution in [0.25, 0.3) is 10.4 Å². The van der Waals surface area contributed by atoms with Gasteiger partial charge in [-0.25, -0.2) is 17.8 Å². The summed E-state index contributed by atoms with van der Waals surface area (Å²) >= 11 is 1.36. The topological polar surface area (TPSA) is 132 Å². The summed E-state index contributed by atoms with van der Waals surface area (Å²) in [6, 6.07) is 7.58. The van der Waals surface area contributed by atoms with E-state index in [0.29, 0.717) is 10.9 Å². The quantitative estimate of drug-likeness (QED) is 0.465. The zero-order valence-electron chi connectivity index (χ0n) is 20.6. The number of fused-ring (bicyclic) bond motifs is 1. The molecule has 2 heterocycles. The molecule has 0 saturated heterocycles. The highest BCUT2D eigenvalue weighted by molar-refractivity contribution is 7.90. The van der Waals surface area contributed by atoms with Gasteiger partial charge in [0.1, 0.15) is 29.1 Å². The van der Waals surface area contributed by atoms with E-state index in [0.717, 1.165) is 28.3 Å². The first kappa shape index (κ1) is 26.6. The van der Waals surface area contributed by atoms with Crippen LogP contribution in [-0.4, -0.2) is 55.6 Å². The SMILES string of the molecule is CCc1c(C(=O)N2CCOc3ccc(-c4cnc(N[C@@H](C)C(N)=O)s4)cc3C2)ccc(S(C)(=O)=O)c1F.